The van der Waals surface area contributed by atoms with Gasteiger partial charge in [-0.2, -0.15) is 5.10 Å². The van der Waals surface area contributed by atoms with Crippen LogP contribution in [0.3, 0.4) is 0 Å². The van der Waals surface area contributed by atoms with Crippen LogP contribution in [0.5, 0.6) is 0 Å². The van der Waals surface area contributed by atoms with Gasteiger partial charge in [-0.15, -0.1) is 0 Å². The van der Waals surface area contributed by atoms with Crippen molar-refractivity contribution in [3.8, 4) is 0 Å². The molecule has 1 aromatic carbocycles. The van der Waals surface area contributed by atoms with Gasteiger partial charge in [0.25, 0.3) is 5.91 Å². The minimum atomic E-state index is -0.233. The number of halogens is 1. The van der Waals surface area contributed by atoms with Gasteiger partial charge in [-0.05, 0) is 31.5 Å². The zero-order valence-corrected chi connectivity index (χ0v) is 13.5. The predicted molar refractivity (Wildman–Crippen MR) is 87.3 cm³/mol. The number of hydrogen-bond acceptors (Lipinski definition) is 4. The zero-order chi connectivity index (χ0) is 16.7. The topological polar surface area (TPSA) is 88.9 Å². The molecule has 1 heterocycles. The van der Waals surface area contributed by atoms with Crippen LogP contribution in [0.1, 0.15) is 30.1 Å². The second kappa shape index (κ2) is 8.28. The van der Waals surface area contributed by atoms with Crippen molar-refractivity contribution < 1.29 is 9.59 Å². The lowest BCUT2D eigenvalue weighted by molar-refractivity contribution is -0.116. The Balaban J connectivity index is 1.86. The quantitative estimate of drug-likeness (QED) is 0.811. The summed E-state index contributed by atoms with van der Waals surface area (Å²) in [5.41, 5.74) is 0.950. The number of aromatic nitrogens is 3. The van der Waals surface area contributed by atoms with Crippen LogP contribution in [0, 0.1) is 0 Å². The number of anilines is 1. The highest BCUT2D eigenvalue weighted by molar-refractivity contribution is 6.34. The lowest BCUT2D eigenvalue weighted by Crippen LogP contribution is -2.23. The van der Waals surface area contributed by atoms with Gasteiger partial charge >= 0.3 is 0 Å². The Morgan fingerprint density at radius 2 is 2.17 bits per heavy atom. The highest BCUT2D eigenvalue weighted by atomic mass is 35.5. The van der Waals surface area contributed by atoms with Crippen molar-refractivity contribution in [3.05, 3.63) is 41.4 Å². The van der Waals surface area contributed by atoms with Crippen molar-refractivity contribution in [2.45, 2.75) is 26.3 Å². The summed E-state index contributed by atoms with van der Waals surface area (Å²) in [6, 6.07) is 4.82. The molecule has 2 rings (SSSR count). The molecule has 8 heteroatoms. The van der Waals surface area contributed by atoms with Crippen LogP contribution in [0.2, 0.25) is 5.02 Å². The maximum absolute atomic E-state index is 11.9. The van der Waals surface area contributed by atoms with Gasteiger partial charge in [0, 0.05) is 25.2 Å². The third-order valence-electron chi connectivity index (χ3n) is 3.09. The average Bonchev–Trinajstić information content (AvgIpc) is 3.00. The molecule has 0 aliphatic rings. The number of nitrogens with zero attached hydrogens (tertiary/aromatic N) is 3. The zero-order valence-electron chi connectivity index (χ0n) is 12.8. The third-order valence-corrected chi connectivity index (χ3v) is 3.41. The molecular formula is C15H18ClN5O2. The SMILES string of the molecule is CCNC(=O)c1ccc(NC(=O)CCCn2cncn2)cc1Cl. The lowest BCUT2D eigenvalue weighted by atomic mass is 10.2. The summed E-state index contributed by atoms with van der Waals surface area (Å²) >= 11 is 6.08. The molecule has 1 aromatic heterocycles. The van der Waals surface area contributed by atoms with E-state index in [4.69, 9.17) is 11.6 Å². The lowest BCUT2D eigenvalue weighted by Gasteiger charge is -2.09. The summed E-state index contributed by atoms with van der Waals surface area (Å²) in [6.45, 7) is 2.99. The van der Waals surface area contributed by atoms with Crippen LogP contribution < -0.4 is 10.6 Å². The van der Waals surface area contributed by atoms with Gasteiger partial charge in [0.15, 0.2) is 0 Å². The van der Waals surface area contributed by atoms with E-state index in [9.17, 15) is 9.59 Å². The summed E-state index contributed by atoms with van der Waals surface area (Å²) in [4.78, 5) is 27.5. The fourth-order valence-electron chi connectivity index (χ4n) is 2.01. The Kier molecular flexibility index (Phi) is 6.10. The fourth-order valence-corrected chi connectivity index (χ4v) is 2.27. The van der Waals surface area contributed by atoms with Gasteiger partial charge in [-0.25, -0.2) is 4.98 Å². The molecule has 0 saturated heterocycles. The summed E-state index contributed by atoms with van der Waals surface area (Å²) in [6.07, 6.45) is 4.07. The monoisotopic (exact) mass is 335 g/mol. The Morgan fingerprint density at radius 3 is 2.83 bits per heavy atom. The molecule has 0 spiro atoms. The molecule has 0 aliphatic heterocycles. The van der Waals surface area contributed by atoms with Gasteiger partial charge in [0.2, 0.25) is 5.91 Å². The molecule has 0 bridgehead atoms. The minimum absolute atomic E-state index is 0.119. The second-order valence-corrected chi connectivity index (χ2v) is 5.27. The van der Waals surface area contributed by atoms with E-state index in [1.807, 2.05) is 6.92 Å². The minimum Gasteiger partial charge on any atom is -0.352 e. The van der Waals surface area contributed by atoms with Crippen molar-refractivity contribution in [3.63, 3.8) is 0 Å². The molecule has 2 aromatic rings. The molecule has 0 radical (unpaired) electrons. The van der Waals surface area contributed by atoms with E-state index in [-0.39, 0.29) is 11.8 Å². The van der Waals surface area contributed by atoms with Crippen LogP contribution in [0.25, 0.3) is 0 Å². The largest absolute Gasteiger partial charge is 0.352 e. The maximum atomic E-state index is 11.9. The molecule has 0 unspecified atom stereocenters. The van der Waals surface area contributed by atoms with E-state index in [0.717, 1.165) is 0 Å². The van der Waals surface area contributed by atoms with E-state index in [2.05, 4.69) is 20.7 Å². The molecule has 122 valence electrons. The number of amides is 2. The highest BCUT2D eigenvalue weighted by Crippen LogP contribution is 2.21. The average molecular weight is 336 g/mol. The van der Waals surface area contributed by atoms with E-state index in [0.29, 0.717) is 42.2 Å². The number of aryl methyl sites for hydroxylation is 1. The standard InChI is InChI=1S/C15H18ClN5O2/c1-2-18-15(23)12-6-5-11(8-13(12)16)20-14(22)4-3-7-21-10-17-9-19-21/h5-6,8-10H,2-4,7H2,1H3,(H,18,23)(H,20,22). The van der Waals surface area contributed by atoms with Crippen molar-refractivity contribution >= 4 is 29.1 Å². The van der Waals surface area contributed by atoms with Crippen LogP contribution in [-0.2, 0) is 11.3 Å². The van der Waals surface area contributed by atoms with Crippen molar-refractivity contribution in [2.24, 2.45) is 0 Å². The van der Waals surface area contributed by atoms with Gasteiger partial charge in [0.1, 0.15) is 12.7 Å². The van der Waals surface area contributed by atoms with Crippen molar-refractivity contribution in [1.82, 2.24) is 20.1 Å². The van der Waals surface area contributed by atoms with Crippen LogP contribution >= 0.6 is 11.6 Å². The number of rotatable bonds is 7. The maximum Gasteiger partial charge on any atom is 0.252 e. The number of carbonyl (C=O) groups excluding carboxylic acids is 2. The molecule has 0 fully saturated rings. The fraction of sp³-hybridized carbons (Fsp3) is 0.333. The molecule has 0 atom stereocenters. The number of hydrogen-bond donors (Lipinski definition) is 2. The first kappa shape index (κ1) is 17.0. The van der Waals surface area contributed by atoms with E-state index < -0.39 is 0 Å². The molecule has 23 heavy (non-hydrogen) atoms. The molecule has 0 aliphatic carbocycles. The molecular weight excluding hydrogens is 318 g/mol. The Morgan fingerprint density at radius 1 is 1.35 bits per heavy atom. The third kappa shape index (κ3) is 5.07. The van der Waals surface area contributed by atoms with E-state index >= 15 is 0 Å². The predicted octanol–water partition coefficient (Wildman–Crippen LogP) is 2.10. The summed E-state index contributed by atoms with van der Waals surface area (Å²) in [5, 5.41) is 9.71. The molecule has 2 amide bonds. The van der Waals surface area contributed by atoms with Crippen molar-refractivity contribution in [1.29, 1.82) is 0 Å². The summed E-state index contributed by atoms with van der Waals surface area (Å²) in [5.74, 6) is -0.352. The molecule has 0 saturated carbocycles. The first-order valence-electron chi connectivity index (χ1n) is 7.30. The van der Waals surface area contributed by atoms with Gasteiger partial charge < -0.3 is 10.6 Å². The van der Waals surface area contributed by atoms with Gasteiger partial charge in [-0.1, -0.05) is 11.6 Å². The summed E-state index contributed by atoms with van der Waals surface area (Å²) < 4.78 is 1.67. The first-order valence-corrected chi connectivity index (χ1v) is 7.68. The van der Waals surface area contributed by atoms with Gasteiger partial charge in [-0.3, -0.25) is 14.3 Å². The number of benzene rings is 1. The summed E-state index contributed by atoms with van der Waals surface area (Å²) in [7, 11) is 0. The highest BCUT2D eigenvalue weighted by Gasteiger charge is 2.11. The van der Waals surface area contributed by atoms with Gasteiger partial charge in [0.05, 0.1) is 10.6 Å². The van der Waals surface area contributed by atoms with E-state index in [1.165, 1.54) is 6.33 Å². The normalized spacial score (nSPS) is 10.3. The smallest absolute Gasteiger partial charge is 0.252 e. The number of carbonyl (C=O) groups is 2. The Labute approximate surface area is 139 Å². The second-order valence-electron chi connectivity index (χ2n) is 4.86. The van der Waals surface area contributed by atoms with Crippen LogP contribution in [0.15, 0.2) is 30.9 Å². The number of nitrogens with one attached hydrogen (secondary N) is 2. The van der Waals surface area contributed by atoms with Crippen LogP contribution in [0.4, 0.5) is 5.69 Å². The first-order chi connectivity index (χ1) is 11.1. The Hall–Kier alpha value is -2.41. The molecule has 2 N–H and O–H groups in total. The molecule has 7 nitrogen and oxygen atoms in total. The van der Waals surface area contributed by atoms with E-state index in [1.54, 1.807) is 29.2 Å². The van der Waals surface area contributed by atoms with Crippen LogP contribution in [-0.4, -0.2) is 33.1 Å². The van der Waals surface area contributed by atoms with Crippen molar-refractivity contribution in [2.75, 3.05) is 11.9 Å². The Bertz CT molecular complexity index is 673.